The molecule has 1 aliphatic rings. The van der Waals surface area contributed by atoms with Crippen molar-refractivity contribution < 1.29 is 4.79 Å². The van der Waals surface area contributed by atoms with E-state index in [1.54, 1.807) is 22.1 Å². The van der Waals surface area contributed by atoms with Gasteiger partial charge >= 0.3 is 0 Å². The van der Waals surface area contributed by atoms with Gasteiger partial charge < -0.3 is 9.80 Å². The minimum atomic E-state index is -0.0360. The molecule has 5 heterocycles. The Morgan fingerprint density at radius 1 is 1.12 bits per heavy atom. The van der Waals surface area contributed by atoms with Gasteiger partial charge in [0.1, 0.15) is 10.6 Å². The molecule has 170 valence electrons. The first-order valence-electron chi connectivity index (χ1n) is 10.8. The van der Waals surface area contributed by atoms with Gasteiger partial charge in [0, 0.05) is 54.7 Å². The Morgan fingerprint density at radius 2 is 1.97 bits per heavy atom. The second kappa shape index (κ2) is 9.66. The van der Waals surface area contributed by atoms with Crippen LogP contribution in [0.15, 0.2) is 57.2 Å². The number of anilines is 1. The number of piperazine rings is 1. The zero-order valence-electron chi connectivity index (χ0n) is 18.1. The molecule has 0 unspecified atom stereocenters. The molecule has 0 radical (unpaired) electrons. The highest BCUT2D eigenvalue weighted by Gasteiger charge is 2.23. The van der Waals surface area contributed by atoms with Crippen LogP contribution in [0.4, 0.5) is 5.82 Å². The number of rotatable bonds is 6. The van der Waals surface area contributed by atoms with Crippen LogP contribution in [0.2, 0.25) is 0 Å². The molecule has 7 nitrogen and oxygen atoms in total. The van der Waals surface area contributed by atoms with Crippen LogP contribution in [0, 0.1) is 0 Å². The van der Waals surface area contributed by atoms with Crippen molar-refractivity contribution in [3.05, 3.63) is 57.6 Å². The van der Waals surface area contributed by atoms with Crippen LogP contribution in [0.25, 0.3) is 20.7 Å². The molecule has 0 spiro atoms. The van der Waals surface area contributed by atoms with Gasteiger partial charge in [-0.15, -0.1) is 22.7 Å². The zero-order valence-corrected chi connectivity index (χ0v) is 20.6. The van der Waals surface area contributed by atoms with Crippen LogP contribution >= 0.6 is 34.4 Å². The van der Waals surface area contributed by atoms with E-state index in [1.807, 2.05) is 52.9 Å². The lowest BCUT2D eigenvalue weighted by molar-refractivity contribution is -0.128. The number of amides is 1. The summed E-state index contributed by atoms with van der Waals surface area (Å²) in [7, 11) is 0. The quantitative estimate of drug-likeness (QED) is 0.296. The van der Waals surface area contributed by atoms with Crippen LogP contribution in [0.3, 0.4) is 0 Å². The summed E-state index contributed by atoms with van der Waals surface area (Å²) >= 11 is 4.45. The standard InChI is InChI=1S/C23H23N5O2S3/c1-2-28-22(30)20-16(17-6-5-13-31-17)14-32-21(20)25-23(28)33-15-19(29)27-11-9-26(10-12-27)18-7-3-4-8-24-18/h3-8,13-14H,2,9-12,15H2,1H3. The lowest BCUT2D eigenvalue weighted by atomic mass is 10.2. The van der Waals surface area contributed by atoms with Gasteiger partial charge in [-0.1, -0.05) is 23.9 Å². The molecular weight excluding hydrogens is 474 g/mol. The maximum Gasteiger partial charge on any atom is 0.263 e. The molecule has 1 aliphatic heterocycles. The summed E-state index contributed by atoms with van der Waals surface area (Å²) < 4.78 is 1.68. The van der Waals surface area contributed by atoms with Gasteiger partial charge in [-0.3, -0.25) is 14.2 Å². The maximum atomic E-state index is 13.3. The molecule has 4 aromatic heterocycles. The third-order valence-corrected chi connectivity index (χ3v) is 8.43. The average Bonchev–Trinajstić information content (AvgIpc) is 3.53. The van der Waals surface area contributed by atoms with E-state index in [1.165, 1.54) is 23.1 Å². The predicted molar refractivity (Wildman–Crippen MR) is 137 cm³/mol. The topological polar surface area (TPSA) is 71.3 Å². The molecule has 1 saturated heterocycles. The normalized spacial score (nSPS) is 14.2. The first kappa shape index (κ1) is 22.1. The Hall–Kier alpha value is -2.69. The van der Waals surface area contributed by atoms with Gasteiger partial charge in [0.15, 0.2) is 5.16 Å². The zero-order chi connectivity index (χ0) is 22.8. The molecule has 0 atom stereocenters. The van der Waals surface area contributed by atoms with Gasteiger partial charge in [0.2, 0.25) is 5.91 Å². The molecule has 0 saturated carbocycles. The van der Waals surface area contributed by atoms with E-state index in [-0.39, 0.29) is 17.2 Å². The molecular formula is C23H23N5O2S3. The lowest BCUT2D eigenvalue weighted by Gasteiger charge is -2.35. The number of thioether (sulfide) groups is 1. The van der Waals surface area contributed by atoms with Crippen LogP contribution < -0.4 is 10.5 Å². The van der Waals surface area contributed by atoms with E-state index in [0.29, 0.717) is 30.2 Å². The molecule has 10 heteroatoms. The van der Waals surface area contributed by atoms with Crippen molar-refractivity contribution in [1.82, 2.24) is 19.4 Å². The summed E-state index contributed by atoms with van der Waals surface area (Å²) in [6, 6.07) is 9.89. The highest BCUT2D eigenvalue weighted by atomic mass is 32.2. The number of fused-ring (bicyclic) bond motifs is 1. The van der Waals surface area contributed by atoms with Crippen molar-refractivity contribution in [3.63, 3.8) is 0 Å². The van der Waals surface area contributed by atoms with Crippen molar-refractivity contribution in [3.8, 4) is 10.4 Å². The van der Waals surface area contributed by atoms with Crippen molar-refractivity contribution in [2.45, 2.75) is 18.6 Å². The maximum absolute atomic E-state index is 13.3. The molecule has 1 fully saturated rings. The first-order chi connectivity index (χ1) is 16.2. The summed E-state index contributed by atoms with van der Waals surface area (Å²) in [5, 5.41) is 5.29. The molecule has 0 bridgehead atoms. The van der Waals surface area contributed by atoms with E-state index in [2.05, 4.69) is 9.88 Å². The van der Waals surface area contributed by atoms with Crippen molar-refractivity contribution >= 4 is 56.4 Å². The molecule has 0 aromatic carbocycles. The molecule has 5 rings (SSSR count). The summed E-state index contributed by atoms with van der Waals surface area (Å²) in [6.07, 6.45) is 1.79. The van der Waals surface area contributed by atoms with E-state index < -0.39 is 0 Å². The van der Waals surface area contributed by atoms with Gasteiger partial charge in [-0.25, -0.2) is 9.97 Å². The van der Waals surface area contributed by atoms with E-state index >= 15 is 0 Å². The number of nitrogens with zero attached hydrogens (tertiary/aromatic N) is 5. The van der Waals surface area contributed by atoms with Crippen LogP contribution in [-0.4, -0.2) is 57.3 Å². The predicted octanol–water partition coefficient (Wildman–Crippen LogP) is 4.04. The van der Waals surface area contributed by atoms with Gasteiger partial charge in [-0.05, 0) is 30.5 Å². The fourth-order valence-electron chi connectivity index (χ4n) is 3.95. The monoisotopic (exact) mass is 497 g/mol. The first-order valence-corrected chi connectivity index (χ1v) is 13.5. The van der Waals surface area contributed by atoms with Crippen LogP contribution in [-0.2, 0) is 11.3 Å². The molecule has 0 N–H and O–H groups in total. The smallest absolute Gasteiger partial charge is 0.263 e. The van der Waals surface area contributed by atoms with Crippen LogP contribution in [0.1, 0.15) is 6.92 Å². The van der Waals surface area contributed by atoms with Gasteiger partial charge in [0.25, 0.3) is 5.56 Å². The second-order valence-corrected chi connectivity index (χ2v) is 10.3. The molecule has 1 amide bonds. The van der Waals surface area contributed by atoms with E-state index in [9.17, 15) is 9.59 Å². The summed E-state index contributed by atoms with van der Waals surface area (Å²) in [5.74, 6) is 1.29. The fourth-order valence-corrected chi connectivity index (χ4v) is 6.72. The lowest BCUT2D eigenvalue weighted by Crippen LogP contribution is -2.49. The molecule has 33 heavy (non-hydrogen) atoms. The Labute approximate surface area is 203 Å². The second-order valence-electron chi connectivity index (χ2n) is 7.60. The highest BCUT2D eigenvalue weighted by molar-refractivity contribution is 7.99. The fraction of sp³-hybridized carbons (Fsp3) is 0.304. The van der Waals surface area contributed by atoms with Crippen LogP contribution in [0.5, 0.6) is 0 Å². The highest BCUT2D eigenvalue weighted by Crippen LogP contribution is 2.34. The largest absolute Gasteiger partial charge is 0.353 e. The van der Waals surface area contributed by atoms with Crippen molar-refractivity contribution in [2.24, 2.45) is 0 Å². The Morgan fingerprint density at radius 3 is 2.67 bits per heavy atom. The summed E-state index contributed by atoms with van der Waals surface area (Å²) in [5.41, 5.74) is 0.911. The number of pyridine rings is 1. The number of carbonyl (C=O) groups excluding carboxylic acids is 1. The van der Waals surface area contributed by atoms with Crippen molar-refractivity contribution in [1.29, 1.82) is 0 Å². The number of carbonyl (C=O) groups is 1. The van der Waals surface area contributed by atoms with Crippen molar-refractivity contribution in [2.75, 3.05) is 36.8 Å². The summed E-state index contributed by atoms with van der Waals surface area (Å²) in [4.78, 5) is 41.2. The number of hydrogen-bond acceptors (Lipinski definition) is 8. The SMILES string of the molecule is CCn1c(SCC(=O)N2CCN(c3ccccn3)CC2)nc2scc(-c3cccs3)c2c1=O. The van der Waals surface area contributed by atoms with Gasteiger partial charge in [-0.2, -0.15) is 0 Å². The van der Waals surface area contributed by atoms with E-state index in [4.69, 9.17) is 4.98 Å². The minimum absolute atomic E-state index is 0.0360. The average molecular weight is 498 g/mol. The molecule has 0 aliphatic carbocycles. The molecule has 4 aromatic rings. The Balaban J connectivity index is 1.29. The van der Waals surface area contributed by atoms with E-state index in [0.717, 1.165) is 34.2 Å². The number of aromatic nitrogens is 3. The Bertz CT molecular complexity index is 1310. The third-order valence-electron chi connectivity index (χ3n) is 5.69. The third kappa shape index (κ3) is 4.42. The summed E-state index contributed by atoms with van der Waals surface area (Å²) in [6.45, 7) is 5.31. The number of hydrogen-bond donors (Lipinski definition) is 0. The minimum Gasteiger partial charge on any atom is -0.353 e. The van der Waals surface area contributed by atoms with Gasteiger partial charge in [0.05, 0.1) is 11.1 Å². The Kier molecular flexibility index (Phi) is 6.48. The number of thiophene rings is 2.